The topological polar surface area (TPSA) is 22.0 Å². The molecule has 2 aromatic carbocycles. The molecule has 0 bridgehead atoms. The van der Waals surface area contributed by atoms with Gasteiger partial charge in [-0.1, -0.05) is 54.6 Å². The molecule has 0 atom stereocenters. The molecule has 2 aromatic heterocycles. The van der Waals surface area contributed by atoms with Crippen molar-refractivity contribution in [1.29, 1.82) is 0 Å². The summed E-state index contributed by atoms with van der Waals surface area (Å²) in [6.07, 6.45) is 0. The van der Waals surface area contributed by atoms with Gasteiger partial charge in [-0.15, -0.1) is 11.3 Å². The van der Waals surface area contributed by atoms with E-state index < -0.39 is 0 Å². The minimum Gasteiger partial charge on any atom is -0.302 e. The Hall–Kier alpha value is -2.65. The number of rotatable bonds is 3. The van der Waals surface area contributed by atoms with E-state index in [9.17, 15) is 4.79 Å². The molecule has 0 aliphatic heterocycles. The zero-order valence-corrected chi connectivity index (χ0v) is 13.3. The second kappa shape index (κ2) is 5.86. The lowest BCUT2D eigenvalue weighted by molar-refractivity contribution is 0.778. The summed E-state index contributed by atoms with van der Waals surface area (Å²) >= 11 is 1.66. The van der Waals surface area contributed by atoms with Crippen molar-refractivity contribution in [3.05, 3.63) is 94.1 Å². The Morgan fingerprint density at radius 2 is 1.65 bits per heavy atom. The summed E-state index contributed by atoms with van der Waals surface area (Å²) in [6, 6.07) is 24.1. The van der Waals surface area contributed by atoms with Crippen LogP contribution < -0.4 is 5.56 Å². The van der Waals surface area contributed by atoms with Crippen LogP contribution in [0.4, 0.5) is 0 Å². The van der Waals surface area contributed by atoms with Crippen LogP contribution in [0.25, 0.3) is 21.3 Å². The van der Waals surface area contributed by atoms with Gasteiger partial charge in [-0.25, -0.2) is 0 Å². The first-order valence-corrected chi connectivity index (χ1v) is 8.41. The highest BCUT2D eigenvalue weighted by molar-refractivity contribution is 7.13. The van der Waals surface area contributed by atoms with Crippen molar-refractivity contribution in [3.63, 3.8) is 0 Å². The molecule has 2 nitrogen and oxygen atoms in total. The summed E-state index contributed by atoms with van der Waals surface area (Å²) in [5, 5.41) is 3.80. The maximum atomic E-state index is 13.0. The van der Waals surface area contributed by atoms with Gasteiger partial charge >= 0.3 is 0 Å². The summed E-state index contributed by atoms with van der Waals surface area (Å²) in [4.78, 5) is 14.1. The highest BCUT2D eigenvalue weighted by atomic mass is 32.1. The fourth-order valence-electron chi connectivity index (χ4n) is 2.85. The fraction of sp³-hybridized carbons (Fsp3) is 0.0500. The van der Waals surface area contributed by atoms with Crippen LogP contribution >= 0.6 is 11.3 Å². The van der Waals surface area contributed by atoms with E-state index in [-0.39, 0.29) is 5.56 Å². The average molecular weight is 317 g/mol. The van der Waals surface area contributed by atoms with Crippen molar-refractivity contribution in [2.75, 3.05) is 0 Å². The summed E-state index contributed by atoms with van der Waals surface area (Å²) in [6.45, 7) is 0.581. The predicted octanol–water partition coefficient (Wildman–Crippen LogP) is 4.78. The molecule has 0 amide bonds. The number of pyridine rings is 1. The van der Waals surface area contributed by atoms with Crippen LogP contribution in [-0.2, 0) is 6.54 Å². The van der Waals surface area contributed by atoms with Gasteiger partial charge in [0.05, 0.1) is 17.1 Å². The standard InChI is InChI=1S/C20H15NOS/c22-20-17-10-5-4-9-16(17)13-18(19-11-6-12-23-19)21(20)14-15-7-2-1-3-8-15/h1-13H,14H2. The van der Waals surface area contributed by atoms with E-state index in [1.807, 2.05) is 58.5 Å². The third kappa shape index (κ3) is 2.60. The van der Waals surface area contributed by atoms with E-state index >= 15 is 0 Å². The lowest BCUT2D eigenvalue weighted by atomic mass is 10.1. The van der Waals surface area contributed by atoms with Crippen molar-refractivity contribution >= 4 is 22.1 Å². The van der Waals surface area contributed by atoms with Gasteiger partial charge in [0.1, 0.15) is 0 Å². The minimum atomic E-state index is 0.0651. The molecule has 0 unspecified atom stereocenters. The first-order valence-electron chi connectivity index (χ1n) is 7.53. The van der Waals surface area contributed by atoms with Gasteiger partial charge in [0, 0.05) is 5.39 Å². The Morgan fingerprint density at radius 3 is 2.43 bits per heavy atom. The fourth-order valence-corrected chi connectivity index (χ4v) is 3.60. The molecule has 2 heterocycles. The number of benzene rings is 2. The molecule has 0 fully saturated rings. The van der Waals surface area contributed by atoms with E-state index in [0.717, 1.165) is 26.9 Å². The van der Waals surface area contributed by atoms with Crippen molar-refractivity contribution < 1.29 is 0 Å². The summed E-state index contributed by atoms with van der Waals surface area (Å²) in [5.74, 6) is 0. The predicted molar refractivity (Wildman–Crippen MR) is 97.1 cm³/mol. The van der Waals surface area contributed by atoms with Gasteiger partial charge in [0.2, 0.25) is 0 Å². The molecule has 4 rings (SSSR count). The van der Waals surface area contributed by atoms with E-state index in [4.69, 9.17) is 0 Å². The third-order valence-corrected chi connectivity index (χ3v) is 4.87. The van der Waals surface area contributed by atoms with Crippen LogP contribution in [0.15, 0.2) is 83.0 Å². The molecule has 0 aliphatic carbocycles. The second-order valence-electron chi connectivity index (χ2n) is 5.47. The van der Waals surface area contributed by atoms with E-state index in [1.165, 1.54) is 0 Å². The first kappa shape index (κ1) is 14.0. The van der Waals surface area contributed by atoms with E-state index in [1.54, 1.807) is 11.3 Å². The van der Waals surface area contributed by atoms with E-state index in [2.05, 4.69) is 24.3 Å². The number of hydrogen-bond donors (Lipinski definition) is 0. The molecule has 4 aromatic rings. The molecule has 0 saturated carbocycles. The van der Waals surface area contributed by atoms with Gasteiger partial charge in [-0.3, -0.25) is 4.79 Å². The molecule has 23 heavy (non-hydrogen) atoms. The van der Waals surface area contributed by atoms with Crippen LogP contribution in [0.5, 0.6) is 0 Å². The number of nitrogens with zero attached hydrogens (tertiary/aromatic N) is 1. The normalized spacial score (nSPS) is 11.0. The largest absolute Gasteiger partial charge is 0.302 e. The molecule has 0 N–H and O–H groups in total. The Kier molecular flexibility index (Phi) is 3.56. The Labute approximate surface area is 138 Å². The maximum Gasteiger partial charge on any atom is 0.259 e. The molecule has 0 saturated heterocycles. The summed E-state index contributed by atoms with van der Waals surface area (Å²) in [5.41, 5.74) is 2.17. The number of aromatic nitrogens is 1. The molecular formula is C20H15NOS. The van der Waals surface area contributed by atoms with Crippen LogP contribution in [0.2, 0.25) is 0 Å². The number of thiophene rings is 1. The molecular weight excluding hydrogens is 302 g/mol. The number of fused-ring (bicyclic) bond motifs is 1. The van der Waals surface area contributed by atoms with Gasteiger partial charge < -0.3 is 4.57 Å². The van der Waals surface area contributed by atoms with Gasteiger partial charge in [0.25, 0.3) is 5.56 Å². The molecule has 3 heteroatoms. The first-order chi connectivity index (χ1) is 11.3. The van der Waals surface area contributed by atoms with Gasteiger partial charge in [0.15, 0.2) is 0 Å². The SMILES string of the molecule is O=c1c2ccccc2cc(-c2cccs2)n1Cc1ccccc1. The van der Waals surface area contributed by atoms with Crippen molar-refractivity contribution in [2.45, 2.75) is 6.54 Å². The van der Waals surface area contributed by atoms with Crippen molar-refractivity contribution in [2.24, 2.45) is 0 Å². The van der Waals surface area contributed by atoms with Gasteiger partial charge in [-0.2, -0.15) is 0 Å². The second-order valence-corrected chi connectivity index (χ2v) is 6.42. The third-order valence-electron chi connectivity index (χ3n) is 3.98. The summed E-state index contributed by atoms with van der Waals surface area (Å²) in [7, 11) is 0. The lowest BCUT2D eigenvalue weighted by Gasteiger charge is -2.14. The van der Waals surface area contributed by atoms with Crippen molar-refractivity contribution in [3.8, 4) is 10.6 Å². The zero-order valence-electron chi connectivity index (χ0n) is 12.5. The molecule has 112 valence electrons. The van der Waals surface area contributed by atoms with Gasteiger partial charge in [-0.05, 0) is 34.5 Å². The molecule has 0 spiro atoms. The van der Waals surface area contributed by atoms with Crippen LogP contribution in [0, 0.1) is 0 Å². The summed E-state index contributed by atoms with van der Waals surface area (Å²) < 4.78 is 1.88. The van der Waals surface area contributed by atoms with E-state index in [0.29, 0.717) is 6.54 Å². The van der Waals surface area contributed by atoms with Crippen LogP contribution in [0.1, 0.15) is 5.56 Å². The Balaban J connectivity index is 1.98. The Morgan fingerprint density at radius 1 is 0.870 bits per heavy atom. The smallest absolute Gasteiger partial charge is 0.259 e. The highest BCUT2D eigenvalue weighted by Gasteiger charge is 2.12. The molecule has 0 aliphatic rings. The minimum absolute atomic E-state index is 0.0651. The monoisotopic (exact) mass is 317 g/mol. The quantitative estimate of drug-likeness (QED) is 0.533. The molecule has 0 radical (unpaired) electrons. The number of hydrogen-bond acceptors (Lipinski definition) is 2. The highest BCUT2D eigenvalue weighted by Crippen LogP contribution is 2.27. The van der Waals surface area contributed by atoms with Crippen molar-refractivity contribution in [1.82, 2.24) is 4.57 Å². The Bertz CT molecular complexity index is 1000. The average Bonchev–Trinajstić information content (AvgIpc) is 3.13. The lowest BCUT2D eigenvalue weighted by Crippen LogP contribution is -2.22. The zero-order chi connectivity index (χ0) is 15.6. The van der Waals surface area contributed by atoms with Crippen LogP contribution in [0.3, 0.4) is 0 Å². The maximum absolute atomic E-state index is 13.0. The van der Waals surface area contributed by atoms with Crippen LogP contribution in [-0.4, -0.2) is 4.57 Å².